The average molecular weight is 194 g/mol. The first-order valence-electron chi connectivity index (χ1n) is 5.34. The van der Waals surface area contributed by atoms with E-state index in [2.05, 4.69) is 33.4 Å². The van der Waals surface area contributed by atoms with Crippen LogP contribution in [-0.4, -0.2) is 13.7 Å². The molecule has 0 spiro atoms. The summed E-state index contributed by atoms with van der Waals surface area (Å²) in [7, 11) is 1.77. The van der Waals surface area contributed by atoms with Crippen LogP contribution >= 0.6 is 0 Å². The number of ether oxygens (including phenoxy) is 1. The lowest BCUT2D eigenvalue weighted by atomic mass is 9.70. The lowest BCUT2D eigenvalue weighted by Crippen LogP contribution is -2.24. The molecule has 80 valence electrons. The van der Waals surface area contributed by atoms with Crippen LogP contribution in [0.15, 0.2) is 23.8 Å². The van der Waals surface area contributed by atoms with Gasteiger partial charge in [-0.3, -0.25) is 0 Å². The fourth-order valence-electron chi connectivity index (χ4n) is 2.29. The maximum absolute atomic E-state index is 5.20. The summed E-state index contributed by atoms with van der Waals surface area (Å²) in [6.07, 6.45) is 4.83. The van der Waals surface area contributed by atoms with Crippen molar-refractivity contribution >= 4 is 0 Å². The van der Waals surface area contributed by atoms with Crippen LogP contribution in [0.2, 0.25) is 0 Å². The molecule has 1 aliphatic carbocycles. The molecule has 0 aromatic carbocycles. The highest BCUT2D eigenvalue weighted by atomic mass is 16.5. The first-order chi connectivity index (χ1) is 6.47. The maximum Gasteiger partial charge on any atom is 0.0525 e. The van der Waals surface area contributed by atoms with Crippen LogP contribution in [0.3, 0.4) is 0 Å². The van der Waals surface area contributed by atoms with Gasteiger partial charge in [-0.25, -0.2) is 0 Å². The van der Waals surface area contributed by atoms with Gasteiger partial charge in [-0.15, -0.1) is 0 Å². The molecule has 0 bridgehead atoms. The molecule has 1 unspecified atom stereocenters. The number of hydrogen-bond donors (Lipinski definition) is 0. The van der Waals surface area contributed by atoms with Crippen LogP contribution in [0.4, 0.5) is 0 Å². The van der Waals surface area contributed by atoms with Gasteiger partial charge in [0.25, 0.3) is 0 Å². The van der Waals surface area contributed by atoms with Crippen molar-refractivity contribution in [3.8, 4) is 0 Å². The molecule has 0 saturated heterocycles. The minimum Gasteiger partial charge on any atom is -0.384 e. The molecule has 0 N–H and O–H groups in total. The summed E-state index contributed by atoms with van der Waals surface area (Å²) >= 11 is 0. The van der Waals surface area contributed by atoms with Crippen molar-refractivity contribution in [3.05, 3.63) is 23.8 Å². The van der Waals surface area contributed by atoms with Gasteiger partial charge in [0, 0.05) is 13.0 Å². The molecular formula is C13H22O. The predicted molar refractivity (Wildman–Crippen MR) is 61.3 cm³/mol. The van der Waals surface area contributed by atoms with Crippen LogP contribution in [0.5, 0.6) is 0 Å². The summed E-state index contributed by atoms with van der Waals surface area (Å²) in [5.41, 5.74) is 2.93. The summed E-state index contributed by atoms with van der Waals surface area (Å²) in [6.45, 7) is 11.6. The average Bonchev–Trinajstić information content (AvgIpc) is 2.08. The van der Waals surface area contributed by atoms with Crippen molar-refractivity contribution in [2.45, 2.75) is 33.6 Å². The molecule has 0 fully saturated rings. The van der Waals surface area contributed by atoms with Crippen molar-refractivity contribution in [1.82, 2.24) is 0 Å². The number of allylic oxidation sites excluding steroid dienone is 2. The Morgan fingerprint density at radius 2 is 2.29 bits per heavy atom. The predicted octanol–water partition coefficient (Wildman–Crippen LogP) is 3.57. The first kappa shape index (κ1) is 11.5. The van der Waals surface area contributed by atoms with E-state index in [1.807, 2.05) is 0 Å². The Hall–Kier alpha value is -0.560. The topological polar surface area (TPSA) is 9.23 Å². The van der Waals surface area contributed by atoms with Gasteiger partial charge < -0.3 is 4.74 Å². The van der Waals surface area contributed by atoms with Gasteiger partial charge in [0.15, 0.2) is 0 Å². The second-order valence-electron chi connectivity index (χ2n) is 5.00. The molecule has 1 nitrogen and oxygen atoms in total. The van der Waals surface area contributed by atoms with E-state index in [-0.39, 0.29) is 0 Å². The van der Waals surface area contributed by atoms with E-state index < -0.39 is 0 Å². The number of rotatable bonds is 3. The Balaban J connectivity index is 2.85. The van der Waals surface area contributed by atoms with Crippen LogP contribution in [0, 0.1) is 11.3 Å². The van der Waals surface area contributed by atoms with E-state index in [1.54, 1.807) is 7.11 Å². The molecule has 14 heavy (non-hydrogen) atoms. The van der Waals surface area contributed by atoms with Crippen molar-refractivity contribution in [2.75, 3.05) is 13.7 Å². The highest BCUT2D eigenvalue weighted by Gasteiger charge is 2.29. The Morgan fingerprint density at radius 1 is 1.64 bits per heavy atom. The quantitative estimate of drug-likeness (QED) is 0.667. The van der Waals surface area contributed by atoms with Gasteiger partial charge in [-0.05, 0) is 30.8 Å². The highest BCUT2D eigenvalue weighted by Crippen LogP contribution is 2.41. The molecule has 0 saturated carbocycles. The molecule has 0 aromatic rings. The third-order valence-electron chi connectivity index (χ3n) is 3.11. The maximum atomic E-state index is 5.20. The third kappa shape index (κ3) is 2.48. The SMILES string of the molecule is C=C(C)C1=CC(COC)CCC1(C)C. The molecule has 0 aromatic heterocycles. The second-order valence-corrected chi connectivity index (χ2v) is 5.00. The normalized spacial score (nSPS) is 25.7. The van der Waals surface area contributed by atoms with Gasteiger partial charge >= 0.3 is 0 Å². The van der Waals surface area contributed by atoms with Gasteiger partial charge in [-0.1, -0.05) is 32.1 Å². The molecule has 1 heteroatoms. The smallest absolute Gasteiger partial charge is 0.0525 e. The first-order valence-corrected chi connectivity index (χ1v) is 5.34. The van der Waals surface area contributed by atoms with Crippen LogP contribution in [0.1, 0.15) is 33.6 Å². The zero-order valence-corrected chi connectivity index (χ0v) is 9.89. The van der Waals surface area contributed by atoms with E-state index in [0.29, 0.717) is 11.3 Å². The summed E-state index contributed by atoms with van der Waals surface area (Å²) in [5, 5.41) is 0. The fourth-order valence-corrected chi connectivity index (χ4v) is 2.29. The molecule has 1 rings (SSSR count). The Morgan fingerprint density at radius 3 is 2.79 bits per heavy atom. The van der Waals surface area contributed by atoms with E-state index in [0.717, 1.165) is 6.61 Å². The lowest BCUT2D eigenvalue weighted by molar-refractivity contribution is 0.154. The van der Waals surface area contributed by atoms with Crippen LogP contribution in [-0.2, 0) is 4.74 Å². The number of methoxy groups -OCH3 is 1. The summed E-state index contributed by atoms with van der Waals surface area (Å²) in [4.78, 5) is 0. The minimum absolute atomic E-state index is 0.302. The molecule has 1 atom stereocenters. The second kappa shape index (κ2) is 4.31. The number of hydrogen-bond acceptors (Lipinski definition) is 1. The van der Waals surface area contributed by atoms with E-state index in [4.69, 9.17) is 4.74 Å². The van der Waals surface area contributed by atoms with Crippen molar-refractivity contribution < 1.29 is 4.74 Å². The summed E-state index contributed by atoms with van der Waals surface area (Å²) in [5.74, 6) is 0.583. The zero-order valence-electron chi connectivity index (χ0n) is 9.89. The van der Waals surface area contributed by atoms with Gasteiger partial charge in [0.2, 0.25) is 0 Å². The van der Waals surface area contributed by atoms with Crippen molar-refractivity contribution in [2.24, 2.45) is 11.3 Å². The van der Waals surface area contributed by atoms with Gasteiger partial charge in [0.1, 0.15) is 0 Å². The van der Waals surface area contributed by atoms with E-state index in [1.165, 1.54) is 24.0 Å². The van der Waals surface area contributed by atoms with E-state index >= 15 is 0 Å². The fraction of sp³-hybridized carbons (Fsp3) is 0.692. The molecule has 1 aliphatic rings. The molecule has 0 aliphatic heterocycles. The third-order valence-corrected chi connectivity index (χ3v) is 3.11. The van der Waals surface area contributed by atoms with Crippen molar-refractivity contribution in [1.29, 1.82) is 0 Å². The minimum atomic E-state index is 0.302. The van der Waals surface area contributed by atoms with Crippen LogP contribution < -0.4 is 0 Å². The van der Waals surface area contributed by atoms with Gasteiger partial charge in [-0.2, -0.15) is 0 Å². The van der Waals surface area contributed by atoms with E-state index in [9.17, 15) is 0 Å². The summed E-state index contributed by atoms with van der Waals surface area (Å²) in [6, 6.07) is 0. The Labute approximate surface area is 87.8 Å². The molecule has 0 amide bonds. The Kier molecular flexibility index (Phi) is 3.54. The standard InChI is InChI=1S/C13H22O/c1-10(2)12-8-11(9-14-5)6-7-13(12,3)4/h8,11H,1,6-7,9H2,2-5H3. The molecule has 0 heterocycles. The monoisotopic (exact) mass is 194 g/mol. The largest absolute Gasteiger partial charge is 0.384 e. The summed E-state index contributed by atoms with van der Waals surface area (Å²) < 4.78 is 5.20. The highest BCUT2D eigenvalue weighted by molar-refractivity contribution is 5.34. The van der Waals surface area contributed by atoms with Gasteiger partial charge in [0.05, 0.1) is 6.61 Å². The lowest BCUT2D eigenvalue weighted by Gasteiger charge is -2.35. The van der Waals surface area contributed by atoms with Crippen molar-refractivity contribution in [3.63, 3.8) is 0 Å². The molecular weight excluding hydrogens is 172 g/mol. The Bertz CT molecular complexity index is 248. The van der Waals surface area contributed by atoms with Crippen LogP contribution in [0.25, 0.3) is 0 Å². The molecule has 0 radical (unpaired) electrons. The zero-order chi connectivity index (χ0) is 10.8.